The number of carbonyl (C=O) groups excluding carboxylic acids is 1. The van der Waals surface area contributed by atoms with Crippen LogP contribution in [0.3, 0.4) is 0 Å². The number of benzene rings is 1. The van der Waals surface area contributed by atoms with Crippen molar-refractivity contribution in [3.05, 3.63) is 58.7 Å². The van der Waals surface area contributed by atoms with Crippen molar-refractivity contribution in [3.8, 4) is 0 Å². The molecule has 0 bridgehead atoms. The Balaban J connectivity index is 2.10. The highest BCUT2D eigenvalue weighted by Crippen LogP contribution is 2.16. The van der Waals surface area contributed by atoms with Gasteiger partial charge < -0.3 is 5.32 Å². The van der Waals surface area contributed by atoms with E-state index in [-0.39, 0.29) is 5.91 Å². The van der Waals surface area contributed by atoms with Crippen LogP contribution in [0, 0.1) is 20.8 Å². The monoisotopic (exact) mass is 255 g/mol. The topological polar surface area (TPSA) is 54.9 Å². The molecule has 0 spiro atoms. The minimum Gasteiger partial charge on any atom is -0.347 e. The van der Waals surface area contributed by atoms with Crippen molar-refractivity contribution in [1.82, 2.24) is 15.3 Å². The van der Waals surface area contributed by atoms with E-state index in [2.05, 4.69) is 48.2 Å². The summed E-state index contributed by atoms with van der Waals surface area (Å²) >= 11 is 0. The standard InChI is InChI=1S/C15H17N3O/c1-10-6-11(2)13(12(3)7-10)8-18-15(19)14-9-16-4-5-17-14/h4-7,9H,8H2,1-3H3,(H,18,19). The number of amides is 1. The van der Waals surface area contributed by atoms with Gasteiger partial charge in [-0.3, -0.25) is 9.78 Å². The lowest BCUT2D eigenvalue weighted by Crippen LogP contribution is -2.24. The Bertz CT molecular complexity index is 571. The number of nitrogens with zero attached hydrogens (tertiary/aromatic N) is 2. The molecule has 4 heteroatoms. The fourth-order valence-electron chi connectivity index (χ4n) is 2.16. The Morgan fingerprint density at radius 2 is 1.84 bits per heavy atom. The summed E-state index contributed by atoms with van der Waals surface area (Å²) in [4.78, 5) is 19.8. The molecule has 2 aromatic rings. The second kappa shape index (κ2) is 5.61. The van der Waals surface area contributed by atoms with Gasteiger partial charge in [0, 0.05) is 18.9 Å². The summed E-state index contributed by atoms with van der Waals surface area (Å²) in [6, 6.07) is 4.24. The Morgan fingerprint density at radius 1 is 1.16 bits per heavy atom. The van der Waals surface area contributed by atoms with Crippen molar-refractivity contribution >= 4 is 5.91 Å². The molecular weight excluding hydrogens is 238 g/mol. The molecular formula is C15H17N3O. The van der Waals surface area contributed by atoms with Crippen molar-refractivity contribution in [3.63, 3.8) is 0 Å². The molecule has 0 atom stereocenters. The fraction of sp³-hybridized carbons (Fsp3) is 0.267. The average molecular weight is 255 g/mol. The molecule has 1 aromatic heterocycles. The molecule has 0 aliphatic heterocycles. The molecule has 1 N–H and O–H groups in total. The molecule has 1 amide bonds. The van der Waals surface area contributed by atoms with Crippen LogP contribution >= 0.6 is 0 Å². The lowest BCUT2D eigenvalue weighted by molar-refractivity contribution is 0.0945. The van der Waals surface area contributed by atoms with E-state index in [1.807, 2.05) is 0 Å². The van der Waals surface area contributed by atoms with E-state index in [1.54, 1.807) is 6.20 Å². The van der Waals surface area contributed by atoms with Gasteiger partial charge in [-0.05, 0) is 37.5 Å². The van der Waals surface area contributed by atoms with Gasteiger partial charge in [0.25, 0.3) is 5.91 Å². The van der Waals surface area contributed by atoms with Gasteiger partial charge >= 0.3 is 0 Å². The summed E-state index contributed by atoms with van der Waals surface area (Å²) in [5.74, 6) is -0.201. The number of nitrogens with one attached hydrogen (secondary N) is 1. The molecule has 0 saturated carbocycles. The second-order valence-electron chi connectivity index (χ2n) is 4.65. The number of hydrogen-bond donors (Lipinski definition) is 1. The first-order chi connectivity index (χ1) is 9.08. The van der Waals surface area contributed by atoms with E-state index in [4.69, 9.17) is 0 Å². The molecule has 0 unspecified atom stereocenters. The van der Waals surface area contributed by atoms with Crippen molar-refractivity contribution in [2.24, 2.45) is 0 Å². The van der Waals surface area contributed by atoms with E-state index >= 15 is 0 Å². The SMILES string of the molecule is Cc1cc(C)c(CNC(=O)c2cnccn2)c(C)c1. The number of rotatable bonds is 3. The van der Waals surface area contributed by atoms with Crippen molar-refractivity contribution in [2.75, 3.05) is 0 Å². The molecule has 19 heavy (non-hydrogen) atoms. The zero-order valence-electron chi connectivity index (χ0n) is 11.4. The van der Waals surface area contributed by atoms with E-state index < -0.39 is 0 Å². The molecule has 2 rings (SSSR count). The third-order valence-electron chi connectivity index (χ3n) is 3.06. The summed E-state index contributed by atoms with van der Waals surface area (Å²) in [6.07, 6.45) is 4.52. The maximum atomic E-state index is 11.9. The highest BCUT2D eigenvalue weighted by atomic mass is 16.1. The number of carbonyl (C=O) groups is 1. The highest BCUT2D eigenvalue weighted by Gasteiger charge is 2.09. The summed E-state index contributed by atoms with van der Waals surface area (Å²) < 4.78 is 0. The van der Waals surface area contributed by atoms with Gasteiger partial charge in [-0.25, -0.2) is 4.98 Å². The van der Waals surface area contributed by atoms with E-state index in [9.17, 15) is 4.79 Å². The average Bonchev–Trinajstić information content (AvgIpc) is 2.38. The first kappa shape index (κ1) is 13.2. The summed E-state index contributed by atoms with van der Waals surface area (Å²) in [7, 11) is 0. The zero-order chi connectivity index (χ0) is 13.8. The first-order valence-electron chi connectivity index (χ1n) is 6.19. The van der Waals surface area contributed by atoms with Crippen molar-refractivity contribution in [1.29, 1.82) is 0 Å². The van der Waals surface area contributed by atoms with Crippen LogP contribution in [-0.2, 0) is 6.54 Å². The van der Waals surface area contributed by atoms with Gasteiger partial charge in [0.1, 0.15) is 5.69 Å². The maximum absolute atomic E-state index is 11.9. The van der Waals surface area contributed by atoms with Crippen molar-refractivity contribution < 1.29 is 4.79 Å². The normalized spacial score (nSPS) is 10.3. The minimum absolute atomic E-state index is 0.201. The van der Waals surface area contributed by atoms with Gasteiger partial charge in [-0.1, -0.05) is 17.7 Å². The van der Waals surface area contributed by atoms with Gasteiger partial charge in [-0.2, -0.15) is 0 Å². The van der Waals surface area contributed by atoms with Crippen LogP contribution in [0.5, 0.6) is 0 Å². The third-order valence-corrected chi connectivity index (χ3v) is 3.06. The van der Waals surface area contributed by atoms with Crippen LogP contribution in [0.4, 0.5) is 0 Å². The molecule has 1 aromatic carbocycles. The Hall–Kier alpha value is -2.23. The maximum Gasteiger partial charge on any atom is 0.271 e. The van der Waals surface area contributed by atoms with Crippen LogP contribution in [0.2, 0.25) is 0 Å². The molecule has 4 nitrogen and oxygen atoms in total. The number of aryl methyl sites for hydroxylation is 3. The summed E-state index contributed by atoms with van der Waals surface area (Å²) in [5.41, 5.74) is 5.11. The first-order valence-corrected chi connectivity index (χ1v) is 6.19. The van der Waals surface area contributed by atoms with E-state index in [0.717, 1.165) is 5.56 Å². The largest absolute Gasteiger partial charge is 0.347 e. The molecule has 0 aliphatic rings. The van der Waals surface area contributed by atoms with Crippen LogP contribution in [0.1, 0.15) is 32.7 Å². The lowest BCUT2D eigenvalue weighted by Gasteiger charge is -2.12. The quantitative estimate of drug-likeness (QED) is 0.915. The van der Waals surface area contributed by atoms with Gasteiger partial charge in [-0.15, -0.1) is 0 Å². The summed E-state index contributed by atoms with van der Waals surface area (Å²) in [5, 5.41) is 2.87. The zero-order valence-corrected chi connectivity index (χ0v) is 11.4. The Kier molecular flexibility index (Phi) is 3.90. The predicted molar refractivity (Wildman–Crippen MR) is 73.9 cm³/mol. The van der Waals surface area contributed by atoms with E-state index in [0.29, 0.717) is 12.2 Å². The Labute approximate surface area is 112 Å². The van der Waals surface area contributed by atoms with Gasteiger partial charge in [0.2, 0.25) is 0 Å². The van der Waals surface area contributed by atoms with Crippen LogP contribution < -0.4 is 5.32 Å². The van der Waals surface area contributed by atoms with Crippen LogP contribution in [-0.4, -0.2) is 15.9 Å². The molecule has 98 valence electrons. The van der Waals surface area contributed by atoms with Gasteiger partial charge in [0.15, 0.2) is 0 Å². The van der Waals surface area contributed by atoms with Crippen LogP contribution in [0.15, 0.2) is 30.7 Å². The smallest absolute Gasteiger partial charge is 0.271 e. The minimum atomic E-state index is -0.201. The molecule has 0 aliphatic carbocycles. The Morgan fingerprint density at radius 3 is 2.42 bits per heavy atom. The molecule has 0 radical (unpaired) electrons. The molecule has 0 fully saturated rings. The fourth-order valence-corrected chi connectivity index (χ4v) is 2.16. The predicted octanol–water partition coefficient (Wildman–Crippen LogP) is 2.33. The van der Waals surface area contributed by atoms with Crippen molar-refractivity contribution in [2.45, 2.75) is 27.3 Å². The van der Waals surface area contributed by atoms with Crippen LogP contribution in [0.25, 0.3) is 0 Å². The molecule has 0 saturated heterocycles. The number of hydrogen-bond acceptors (Lipinski definition) is 3. The lowest BCUT2D eigenvalue weighted by atomic mass is 10.00. The van der Waals surface area contributed by atoms with E-state index in [1.165, 1.54) is 29.1 Å². The third kappa shape index (κ3) is 3.16. The number of aromatic nitrogens is 2. The highest BCUT2D eigenvalue weighted by molar-refractivity contribution is 5.91. The molecule has 1 heterocycles. The summed E-state index contributed by atoms with van der Waals surface area (Å²) in [6.45, 7) is 6.70. The van der Waals surface area contributed by atoms with Gasteiger partial charge in [0.05, 0.1) is 6.20 Å². The second-order valence-corrected chi connectivity index (χ2v) is 4.65.